The van der Waals surface area contributed by atoms with E-state index in [-0.39, 0.29) is 11.5 Å². The van der Waals surface area contributed by atoms with Crippen LogP contribution in [0.4, 0.5) is 10.2 Å². The van der Waals surface area contributed by atoms with Gasteiger partial charge >= 0.3 is 0 Å². The van der Waals surface area contributed by atoms with Crippen LogP contribution in [-0.2, 0) is 0 Å². The number of rotatable bonds is 2. The van der Waals surface area contributed by atoms with Crippen LogP contribution in [0, 0.1) is 5.95 Å². The molecule has 0 radical (unpaired) electrons. The molecule has 0 saturated heterocycles. The molecule has 2 heterocycles. The fourth-order valence-electron chi connectivity index (χ4n) is 0.992. The molecule has 0 saturated carbocycles. The van der Waals surface area contributed by atoms with E-state index in [9.17, 15) is 9.18 Å². The summed E-state index contributed by atoms with van der Waals surface area (Å²) >= 11 is 0. The van der Waals surface area contributed by atoms with Crippen molar-refractivity contribution in [3.63, 3.8) is 0 Å². The maximum atomic E-state index is 12.7. The van der Waals surface area contributed by atoms with Gasteiger partial charge in [0.2, 0.25) is 5.95 Å². The highest BCUT2D eigenvalue weighted by Gasteiger charge is 2.09. The number of amides is 1. The average Bonchev–Trinajstić information content (AvgIpc) is 2.70. The Morgan fingerprint density at radius 2 is 2.27 bits per heavy atom. The third-order valence-corrected chi connectivity index (χ3v) is 1.63. The van der Waals surface area contributed by atoms with Gasteiger partial charge in [0.1, 0.15) is 12.0 Å². The topological polar surface area (TPSA) is 68.0 Å². The Bertz CT molecular complexity index is 470. The summed E-state index contributed by atoms with van der Waals surface area (Å²) < 4.78 is 17.2. The molecule has 0 atom stereocenters. The average molecular weight is 207 g/mol. The minimum Gasteiger partial charge on any atom is -0.363 e. The van der Waals surface area contributed by atoms with E-state index in [4.69, 9.17) is 0 Å². The molecule has 0 bridgehead atoms. The highest BCUT2D eigenvalue weighted by atomic mass is 19.1. The number of carbonyl (C=O) groups is 1. The number of aromatic nitrogens is 2. The minimum atomic E-state index is -0.706. The van der Waals surface area contributed by atoms with Crippen LogP contribution in [0.2, 0.25) is 0 Å². The molecule has 2 aromatic rings. The van der Waals surface area contributed by atoms with Crippen molar-refractivity contribution < 1.29 is 13.7 Å². The molecule has 0 fully saturated rings. The third kappa shape index (κ3) is 2.16. The first-order valence-electron chi connectivity index (χ1n) is 4.10. The molecular formula is C9H6FN3O2. The minimum absolute atomic E-state index is 0.0157. The molecule has 0 aromatic carbocycles. The maximum absolute atomic E-state index is 12.7. The molecule has 0 aliphatic heterocycles. The predicted octanol–water partition coefficient (Wildman–Crippen LogP) is 1.46. The molecule has 0 aliphatic rings. The molecule has 76 valence electrons. The second-order valence-corrected chi connectivity index (χ2v) is 2.68. The van der Waals surface area contributed by atoms with E-state index < -0.39 is 11.9 Å². The van der Waals surface area contributed by atoms with Gasteiger partial charge in [-0.3, -0.25) is 4.79 Å². The molecule has 2 rings (SSSR count). The van der Waals surface area contributed by atoms with E-state index in [0.29, 0.717) is 0 Å². The Kier molecular flexibility index (Phi) is 2.40. The van der Waals surface area contributed by atoms with Crippen molar-refractivity contribution in [2.75, 3.05) is 5.32 Å². The van der Waals surface area contributed by atoms with Gasteiger partial charge in [-0.15, -0.1) is 0 Å². The first kappa shape index (κ1) is 9.32. The Hall–Kier alpha value is -2.24. The van der Waals surface area contributed by atoms with Crippen LogP contribution < -0.4 is 5.32 Å². The Morgan fingerprint density at radius 3 is 2.93 bits per heavy atom. The van der Waals surface area contributed by atoms with Crippen molar-refractivity contribution in [3.8, 4) is 0 Å². The fourth-order valence-corrected chi connectivity index (χ4v) is 0.992. The molecule has 1 amide bonds. The number of hydrogen-bond acceptors (Lipinski definition) is 4. The standard InChI is InChI=1S/C9H6FN3O2/c10-7-3-1-2-6(11-7)9(14)12-8-4-5-15-13-8/h1-5H,(H,12,13,14). The molecule has 0 spiro atoms. The summed E-state index contributed by atoms with van der Waals surface area (Å²) in [7, 11) is 0. The number of nitrogens with one attached hydrogen (secondary N) is 1. The number of anilines is 1. The summed E-state index contributed by atoms with van der Waals surface area (Å²) in [5, 5.41) is 5.87. The van der Waals surface area contributed by atoms with Crippen LogP contribution in [-0.4, -0.2) is 16.0 Å². The van der Waals surface area contributed by atoms with E-state index >= 15 is 0 Å². The molecule has 0 unspecified atom stereocenters. The Balaban J connectivity index is 2.15. The summed E-state index contributed by atoms with van der Waals surface area (Å²) in [4.78, 5) is 14.9. The molecular weight excluding hydrogens is 201 g/mol. The first-order valence-corrected chi connectivity index (χ1v) is 4.10. The lowest BCUT2D eigenvalue weighted by Crippen LogP contribution is -2.14. The molecule has 15 heavy (non-hydrogen) atoms. The van der Waals surface area contributed by atoms with Crippen LogP contribution in [0.5, 0.6) is 0 Å². The van der Waals surface area contributed by atoms with Crippen molar-refractivity contribution in [1.29, 1.82) is 0 Å². The highest BCUT2D eigenvalue weighted by molar-refractivity contribution is 6.02. The number of halogens is 1. The van der Waals surface area contributed by atoms with Crippen molar-refractivity contribution in [3.05, 3.63) is 42.2 Å². The molecule has 1 N–H and O–H groups in total. The number of carbonyl (C=O) groups excluding carboxylic acids is 1. The number of nitrogens with zero attached hydrogens (tertiary/aromatic N) is 2. The molecule has 2 aromatic heterocycles. The summed E-state index contributed by atoms with van der Waals surface area (Å²) in [6.45, 7) is 0. The monoisotopic (exact) mass is 207 g/mol. The van der Waals surface area contributed by atoms with E-state index in [1.807, 2.05) is 0 Å². The van der Waals surface area contributed by atoms with Crippen LogP contribution in [0.15, 0.2) is 35.1 Å². The van der Waals surface area contributed by atoms with Crippen LogP contribution >= 0.6 is 0 Å². The van der Waals surface area contributed by atoms with Gasteiger partial charge < -0.3 is 9.84 Å². The highest BCUT2D eigenvalue weighted by Crippen LogP contribution is 2.04. The van der Waals surface area contributed by atoms with Crippen molar-refractivity contribution >= 4 is 11.7 Å². The summed E-state index contributed by atoms with van der Waals surface area (Å²) in [6.07, 6.45) is 1.31. The summed E-state index contributed by atoms with van der Waals surface area (Å²) in [5.74, 6) is -0.989. The third-order valence-electron chi connectivity index (χ3n) is 1.63. The van der Waals surface area contributed by atoms with Gasteiger partial charge in [0.15, 0.2) is 5.82 Å². The number of pyridine rings is 1. The van der Waals surface area contributed by atoms with Crippen molar-refractivity contribution in [2.45, 2.75) is 0 Å². The van der Waals surface area contributed by atoms with Gasteiger partial charge in [-0.25, -0.2) is 4.98 Å². The largest absolute Gasteiger partial charge is 0.363 e. The summed E-state index contributed by atoms with van der Waals surface area (Å²) in [5.41, 5.74) is -0.0157. The Labute approximate surface area is 83.9 Å². The Morgan fingerprint density at radius 1 is 1.40 bits per heavy atom. The normalized spacial score (nSPS) is 9.93. The molecule has 5 nitrogen and oxygen atoms in total. The zero-order valence-corrected chi connectivity index (χ0v) is 7.48. The van der Waals surface area contributed by atoms with Crippen LogP contribution in [0.25, 0.3) is 0 Å². The zero-order chi connectivity index (χ0) is 10.7. The molecule has 0 aliphatic carbocycles. The van der Waals surface area contributed by atoms with Gasteiger partial charge in [0, 0.05) is 6.07 Å². The SMILES string of the molecule is O=C(Nc1ccon1)c1cccc(F)n1. The van der Waals surface area contributed by atoms with Crippen molar-refractivity contribution in [1.82, 2.24) is 10.1 Å². The lowest BCUT2D eigenvalue weighted by atomic mass is 10.3. The van der Waals surface area contributed by atoms with Crippen LogP contribution in [0.3, 0.4) is 0 Å². The second kappa shape index (κ2) is 3.87. The second-order valence-electron chi connectivity index (χ2n) is 2.68. The summed E-state index contributed by atoms with van der Waals surface area (Å²) in [6, 6.07) is 5.43. The van der Waals surface area contributed by atoms with E-state index in [0.717, 1.165) is 6.07 Å². The van der Waals surface area contributed by atoms with Gasteiger partial charge in [0.25, 0.3) is 5.91 Å². The lowest BCUT2D eigenvalue weighted by molar-refractivity contribution is 0.102. The van der Waals surface area contributed by atoms with E-state index in [1.165, 1.54) is 24.5 Å². The zero-order valence-electron chi connectivity index (χ0n) is 7.48. The molecule has 6 heteroatoms. The predicted molar refractivity (Wildman–Crippen MR) is 48.7 cm³/mol. The lowest BCUT2D eigenvalue weighted by Gasteiger charge is -1.99. The first-order chi connectivity index (χ1) is 7.25. The van der Waals surface area contributed by atoms with Gasteiger partial charge in [-0.2, -0.15) is 4.39 Å². The van der Waals surface area contributed by atoms with Gasteiger partial charge in [0.05, 0.1) is 0 Å². The number of hydrogen-bond donors (Lipinski definition) is 1. The smallest absolute Gasteiger partial charge is 0.275 e. The fraction of sp³-hybridized carbons (Fsp3) is 0. The van der Waals surface area contributed by atoms with Crippen molar-refractivity contribution in [2.24, 2.45) is 0 Å². The van der Waals surface area contributed by atoms with Crippen LogP contribution in [0.1, 0.15) is 10.5 Å². The quantitative estimate of drug-likeness (QED) is 0.757. The van der Waals surface area contributed by atoms with E-state index in [2.05, 4.69) is 20.0 Å². The van der Waals surface area contributed by atoms with E-state index in [1.54, 1.807) is 0 Å². The van der Waals surface area contributed by atoms with Gasteiger partial charge in [-0.1, -0.05) is 11.2 Å². The van der Waals surface area contributed by atoms with Gasteiger partial charge in [-0.05, 0) is 12.1 Å². The maximum Gasteiger partial charge on any atom is 0.275 e.